The summed E-state index contributed by atoms with van der Waals surface area (Å²) in [4.78, 5) is 39.0. The van der Waals surface area contributed by atoms with Gasteiger partial charge in [0, 0.05) is 0 Å². The van der Waals surface area contributed by atoms with Crippen LogP contribution in [0.15, 0.2) is 60.8 Å². The quantitative estimate of drug-likeness (QED) is 0.366. The molecule has 0 fully saturated rings. The predicted octanol–water partition coefficient (Wildman–Crippen LogP) is 5.63. The Kier molecular flexibility index (Phi) is 6.98. The molecule has 6 nitrogen and oxygen atoms in total. The average Bonchev–Trinajstić information content (AvgIpc) is 2.83. The zero-order valence-electron chi connectivity index (χ0n) is 18.9. The van der Waals surface area contributed by atoms with E-state index in [0.29, 0.717) is 11.1 Å². The highest BCUT2D eigenvalue weighted by molar-refractivity contribution is 6.34. The molecule has 0 spiro atoms. The summed E-state index contributed by atoms with van der Waals surface area (Å²) in [5, 5.41) is 2.96. The molecule has 0 radical (unpaired) electrons. The number of nitrogens with one attached hydrogen (secondary N) is 1. The first kappa shape index (κ1) is 24.2. The van der Waals surface area contributed by atoms with Crippen molar-refractivity contribution < 1.29 is 28.2 Å². The molecule has 0 aliphatic carbocycles. The molecular weight excluding hydrogens is 473 g/mol. The summed E-state index contributed by atoms with van der Waals surface area (Å²) in [5.41, 5.74) is 2.35. The van der Waals surface area contributed by atoms with Gasteiger partial charge < -0.3 is 14.8 Å². The van der Waals surface area contributed by atoms with Crippen molar-refractivity contribution in [3.8, 4) is 11.1 Å². The van der Waals surface area contributed by atoms with Crippen molar-refractivity contribution in [2.24, 2.45) is 0 Å². The standard InChI is InChI=1S/C27H21ClFNO5/c1-3-34-25(31)23-15(2)22(20(14-21(23)28)17-8-10-18(29)11-9-17)26(32)35-27(33)24-19-7-5-4-6-16(19)12-13-30-24/h4-14,24,30H,3H2,1-2H3. The molecule has 35 heavy (non-hydrogen) atoms. The third-order valence-corrected chi connectivity index (χ3v) is 5.93. The van der Waals surface area contributed by atoms with Crippen molar-refractivity contribution in [1.82, 2.24) is 5.32 Å². The lowest BCUT2D eigenvalue weighted by Gasteiger charge is -2.22. The van der Waals surface area contributed by atoms with E-state index in [0.717, 1.165) is 5.56 Å². The van der Waals surface area contributed by atoms with E-state index in [1.54, 1.807) is 25.3 Å². The lowest BCUT2D eigenvalue weighted by atomic mass is 9.92. The van der Waals surface area contributed by atoms with Crippen LogP contribution in [0, 0.1) is 12.7 Å². The Balaban J connectivity index is 1.76. The number of fused-ring (bicyclic) bond motifs is 1. The van der Waals surface area contributed by atoms with Crippen LogP contribution in [0.5, 0.6) is 0 Å². The molecule has 0 bridgehead atoms. The maximum atomic E-state index is 13.5. The van der Waals surface area contributed by atoms with Crippen LogP contribution in [0.4, 0.5) is 4.39 Å². The molecular formula is C27H21ClFNO5. The third kappa shape index (κ3) is 4.81. The van der Waals surface area contributed by atoms with Gasteiger partial charge in [-0.25, -0.2) is 18.8 Å². The number of benzene rings is 3. The van der Waals surface area contributed by atoms with E-state index in [1.807, 2.05) is 18.2 Å². The lowest BCUT2D eigenvalue weighted by Crippen LogP contribution is -2.31. The van der Waals surface area contributed by atoms with Gasteiger partial charge in [-0.2, -0.15) is 0 Å². The van der Waals surface area contributed by atoms with Gasteiger partial charge in [-0.05, 0) is 72.1 Å². The van der Waals surface area contributed by atoms with E-state index >= 15 is 0 Å². The fraction of sp³-hybridized carbons (Fsp3) is 0.148. The zero-order valence-corrected chi connectivity index (χ0v) is 19.7. The van der Waals surface area contributed by atoms with Crippen molar-refractivity contribution >= 4 is 35.6 Å². The Morgan fingerprint density at radius 3 is 2.46 bits per heavy atom. The molecule has 1 atom stereocenters. The van der Waals surface area contributed by atoms with Crippen molar-refractivity contribution in [3.05, 3.63) is 99.5 Å². The molecule has 1 aliphatic rings. The van der Waals surface area contributed by atoms with E-state index in [1.165, 1.54) is 37.3 Å². The predicted molar refractivity (Wildman–Crippen MR) is 129 cm³/mol. The fourth-order valence-electron chi connectivity index (χ4n) is 4.00. The minimum atomic E-state index is -0.970. The molecule has 0 aromatic heterocycles. The Hall–Kier alpha value is -3.97. The van der Waals surface area contributed by atoms with E-state index in [4.69, 9.17) is 21.1 Å². The van der Waals surface area contributed by atoms with Crippen molar-refractivity contribution in [1.29, 1.82) is 0 Å². The molecule has 0 saturated carbocycles. The van der Waals surface area contributed by atoms with Gasteiger partial charge in [0.25, 0.3) is 0 Å². The Bertz CT molecular complexity index is 1350. The van der Waals surface area contributed by atoms with E-state index < -0.39 is 29.8 Å². The first-order chi connectivity index (χ1) is 16.8. The van der Waals surface area contributed by atoms with Gasteiger partial charge in [0.2, 0.25) is 0 Å². The second-order valence-electron chi connectivity index (χ2n) is 7.78. The summed E-state index contributed by atoms with van der Waals surface area (Å²) in [7, 11) is 0. The van der Waals surface area contributed by atoms with Gasteiger partial charge in [0.05, 0.1) is 22.8 Å². The van der Waals surface area contributed by atoms with Gasteiger partial charge in [0.15, 0.2) is 6.04 Å². The van der Waals surface area contributed by atoms with Gasteiger partial charge in [-0.1, -0.05) is 48.0 Å². The van der Waals surface area contributed by atoms with Crippen LogP contribution in [0.25, 0.3) is 17.2 Å². The van der Waals surface area contributed by atoms with Gasteiger partial charge in [-0.3, -0.25) is 0 Å². The molecule has 178 valence electrons. The second kappa shape index (κ2) is 10.1. The smallest absolute Gasteiger partial charge is 0.346 e. The molecule has 1 aliphatic heterocycles. The molecule has 1 unspecified atom stereocenters. The number of halogens is 2. The molecule has 3 aromatic carbocycles. The van der Waals surface area contributed by atoms with E-state index in [2.05, 4.69) is 5.32 Å². The minimum absolute atomic E-state index is 0.0113. The van der Waals surface area contributed by atoms with Gasteiger partial charge >= 0.3 is 17.9 Å². The summed E-state index contributed by atoms with van der Waals surface area (Å²) in [5.74, 6) is -2.96. The summed E-state index contributed by atoms with van der Waals surface area (Å²) >= 11 is 6.40. The van der Waals surface area contributed by atoms with Crippen LogP contribution in [0.3, 0.4) is 0 Å². The molecule has 0 amide bonds. The fourth-order valence-corrected chi connectivity index (χ4v) is 4.33. The molecule has 3 aromatic rings. The van der Waals surface area contributed by atoms with Crippen molar-refractivity contribution in [2.45, 2.75) is 19.9 Å². The summed E-state index contributed by atoms with van der Waals surface area (Å²) < 4.78 is 23.9. The zero-order chi connectivity index (χ0) is 25.1. The topological polar surface area (TPSA) is 81.7 Å². The molecule has 1 N–H and O–H groups in total. The van der Waals surface area contributed by atoms with Crippen LogP contribution in [-0.4, -0.2) is 24.5 Å². The molecule has 8 heteroatoms. The van der Waals surface area contributed by atoms with Crippen LogP contribution in [-0.2, 0) is 14.3 Å². The Morgan fingerprint density at radius 1 is 1.03 bits per heavy atom. The third-order valence-electron chi connectivity index (χ3n) is 5.63. The Morgan fingerprint density at radius 2 is 1.74 bits per heavy atom. The SMILES string of the molecule is CCOC(=O)c1c(Cl)cc(-c2ccc(F)cc2)c(C(=O)OC(=O)C2NC=Cc3ccccc32)c1C. The van der Waals surface area contributed by atoms with E-state index in [9.17, 15) is 18.8 Å². The number of carbonyl (C=O) groups is 3. The molecule has 0 saturated heterocycles. The normalized spacial score (nSPS) is 14.0. The van der Waals surface area contributed by atoms with Crippen LogP contribution >= 0.6 is 11.6 Å². The summed E-state index contributed by atoms with van der Waals surface area (Å²) in [6.45, 7) is 3.27. The number of hydrogen-bond donors (Lipinski definition) is 1. The number of ether oxygens (including phenoxy) is 2. The first-order valence-corrected chi connectivity index (χ1v) is 11.2. The average molecular weight is 494 g/mol. The monoisotopic (exact) mass is 493 g/mol. The first-order valence-electron chi connectivity index (χ1n) is 10.9. The summed E-state index contributed by atoms with van der Waals surface area (Å²) in [6.07, 6.45) is 3.41. The van der Waals surface area contributed by atoms with Crippen LogP contribution in [0.1, 0.15) is 50.4 Å². The Labute approximate surface area is 206 Å². The number of esters is 3. The highest BCUT2D eigenvalue weighted by atomic mass is 35.5. The van der Waals surface area contributed by atoms with Crippen molar-refractivity contribution in [3.63, 3.8) is 0 Å². The number of hydrogen-bond acceptors (Lipinski definition) is 6. The number of rotatable bonds is 5. The molecule has 4 rings (SSSR count). The van der Waals surface area contributed by atoms with Crippen LogP contribution < -0.4 is 5.32 Å². The maximum absolute atomic E-state index is 13.5. The largest absolute Gasteiger partial charge is 0.462 e. The second-order valence-corrected chi connectivity index (χ2v) is 8.19. The van der Waals surface area contributed by atoms with E-state index in [-0.39, 0.29) is 33.9 Å². The molecule has 1 heterocycles. The van der Waals surface area contributed by atoms with Crippen LogP contribution in [0.2, 0.25) is 5.02 Å². The number of carbonyl (C=O) groups excluding carboxylic acids is 3. The minimum Gasteiger partial charge on any atom is -0.462 e. The van der Waals surface area contributed by atoms with Gasteiger partial charge in [0.1, 0.15) is 5.82 Å². The van der Waals surface area contributed by atoms with Gasteiger partial charge in [-0.15, -0.1) is 0 Å². The highest BCUT2D eigenvalue weighted by Gasteiger charge is 2.31. The highest BCUT2D eigenvalue weighted by Crippen LogP contribution is 2.35. The van der Waals surface area contributed by atoms with Crippen molar-refractivity contribution in [2.75, 3.05) is 6.61 Å². The lowest BCUT2D eigenvalue weighted by molar-refractivity contribution is -0.140. The maximum Gasteiger partial charge on any atom is 0.346 e. The summed E-state index contributed by atoms with van der Waals surface area (Å²) in [6, 6.07) is 13.1.